The Morgan fingerprint density at radius 3 is 2.50 bits per heavy atom. The van der Waals surface area contributed by atoms with Gasteiger partial charge in [0, 0.05) is 38.3 Å². The standard InChI is InChI=1S/C26H32N4O6/c1-26(2,3)36-25(35)30(15-17-10-11-29(4)22(32)12-17)16-21(31)28-20-13-19(14-27-23(20)24(33)34)18-8-6-5-7-9-18/h5-9,13-14,17H,10-12,15-16H2,1-4H3,(H,28,31)(H,33,34). The first kappa shape index (κ1) is 26.7. The first-order chi connectivity index (χ1) is 16.9. The molecule has 1 unspecified atom stereocenters. The van der Waals surface area contributed by atoms with Crippen LogP contribution in [-0.4, -0.2) is 76.1 Å². The number of aromatic nitrogens is 1. The van der Waals surface area contributed by atoms with Crippen molar-refractivity contribution in [3.8, 4) is 11.1 Å². The van der Waals surface area contributed by atoms with Crippen LogP contribution in [0.2, 0.25) is 0 Å². The van der Waals surface area contributed by atoms with Crippen molar-refractivity contribution < 1.29 is 29.0 Å². The van der Waals surface area contributed by atoms with Crippen LogP contribution in [0.25, 0.3) is 11.1 Å². The lowest BCUT2D eigenvalue weighted by atomic mass is 9.96. The molecule has 36 heavy (non-hydrogen) atoms. The quantitative estimate of drug-likeness (QED) is 0.600. The summed E-state index contributed by atoms with van der Waals surface area (Å²) in [5, 5.41) is 12.2. The third-order valence-corrected chi connectivity index (χ3v) is 5.70. The number of rotatable bonds is 7. The molecule has 3 amide bonds. The second-order valence-corrected chi connectivity index (χ2v) is 9.87. The molecule has 0 bridgehead atoms. The number of hydrogen-bond donors (Lipinski definition) is 2. The van der Waals surface area contributed by atoms with E-state index in [4.69, 9.17) is 4.74 Å². The fourth-order valence-corrected chi connectivity index (χ4v) is 3.89. The number of amides is 3. The van der Waals surface area contributed by atoms with Crippen molar-refractivity contribution in [2.24, 2.45) is 5.92 Å². The molecule has 2 N–H and O–H groups in total. The number of nitrogens with one attached hydrogen (secondary N) is 1. The van der Waals surface area contributed by atoms with Crippen LogP contribution >= 0.6 is 0 Å². The van der Waals surface area contributed by atoms with Gasteiger partial charge in [-0.15, -0.1) is 0 Å². The fraction of sp³-hybridized carbons (Fsp3) is 0.423. The number of carbonyl (C=O) groups excluding carboxylic acids is 3. The van der Waals surface area contributed by atoms with Gasteiger partial charge in [-0.05, 0) is 44.7 Å². The molecule has 0 radical (unpaired) electrons. The highest BCUT2D eigenvalue weighted by Crippen LogP contribution is 2.25. The normalized spacial score (nSPS) is 15.8. The number of likely N-dealkylation sites (tertiary alicyclic amines) is 1. The fourth-order valence-electron chi connectivity index (χ4n) is 3.89. The van der Waals surface area contributed by atoms with Gasteiger partial charge in [-0.1, -0.05) is 30.3 Å². The molecule has 1 saturated heterocycles. The lowest BCUT2D eigenvalue weighted by Crippen LogP contribution is -2.46. The van der Waals surface area contributed by atoms with Crippen molar-refractivity contribution >= 4 is 29.6 Å². The van der Waals surface area contributed by atoms with E-state index >= 15 is 0 Å². The Balaban J connectivity index is 1.80. The van der Waals surface area contributed by atoms with Crippen molar-refractivity contribution in [2.45, 2.75) is 39.2 Å². The van der Waals surface area contributed by atoms with Crippen LogP contribution in [0.4, 0.5) is 10.5 Å². The van der Waals surface area contributed by atoms with E-state index in [9.17, 15) is 24.3 Å². The summed E-state index contributed by atoms with van der Waals surface area (Å²) < 4.78 is 5.48. The molecule has 2 heterocycles. The maximum atomic E-state index is 13.0. The van der Waals surface area contributed by atoms with E-state index in [0.717, 1.165) is 5.56 Å². The Bertz CT molecular complexity index is 1130. The second-order valence-electron chi connectivity index (χ2n) is 9.87. The average molecular weight is 497 g/mol. The topological polar surface area (TPSA) is 129 Å². The molecule has 0 aliphatic carbocycles. The Morgan fingerprint density at radius 1 is 1.19 bits per heavy atom. The third-order valence-electron chi connectivity index (χ3n) is 5.70. The van der Waals surface area contributed by atoms with E-state index in [1.807, 2.05) is 30.3 Å². The third kappa shape index (κ3) is 7.27. The number of aromatic carboxylic acids is 1. The van der Waals surface area contributed by atoms with Crippen LogP contribution in [0.5, 0.6) is 0 Å². The highest BCUT2D eigenvalue weighted by molar-refractivity contribution is 6.01. The molecular weight excluding hydrogens is 464 g/mol. The summed E-state index contributed by atoms with van der Waals surface area (Å²) in [5.74, 6) is -2.03. The van der Waals surface area contributed by atoms with Crippen molar-refractivity contribution in [3.63, 3.8) is 0 Å². The lowest BCUT2D eigenvalue weighted by molar-refractivity contribution is -0.133. The van der Waals surface area contributed by atoms with Crippen molar-refractivity contribution in [1.82, 2.24) is 14.8 Å². The maximum absolute atomic E-state index is 13.0. The summed E-state index contributed by atoms with van der Waals surface area (Å²) in [4.78, 5) is 56.7. The monoisotopic (exact) mass is 496 g/mol. The summed E-state index contributed by atoms with van der Waals surface area (Å²) >= 11 is 0. The van der Waals surface area contributed by atoms with Gasteiger partial charge >= 0.3 is 12.1 Å². The number of ether oxygens (including phenoxy) is 1. The molecule has 1 aromatic heterocycles. The molecule has 192 valence electrons. The zero-order valence-electron chi connectivity index (χ0n) is 21.0. The largest absolute Gasteiger partial charge is 0.476 e. The minimum absolute atomic E-state index is 0.0188. The highest BCUT2D eigenvalue weighted by atomic mass is 16.6. The minimum Gasteiger partial charge on any atom is -0.476 e. The van der Waals surface area contributed by atoms with E-state index in [-0.39, 0.29) is 42.7 Å². The number of anilines is 1. The number of pyridine rings is 1. The van der Waals surface area contributed by atoms with E-state index in [1.54, 1.807) is 32.7 Å². The van der Waals surface area contributed by atoms with E-state index in [0.29, 0.717) is 18.5 Å². The van der Waals surface area contributed by atoms with Gasteiger partial charge in [-0.2, -0.15) is 0 Å². The summed E-state index contributed by atoms with van der Waals surface area (Å²) in [6.07, 6.45) is 1.70. The molecule has 1 atom stereocenters. The number of carbonyl (C=O) groups is 4. The molecule has 1 aromatic carbocycles. The molecular formula is C26H32N4O6. The second kappa shape index (κ2) is 11.2. The van der Waals surface area contributed by atoms with Gasteiger partial charge in [0.25, 0.3) is 0 Å². The van der Waals surface area contributed by atoms with Gasteiger partial charge in [0.2, 0.25) is 11.8 Å². The number of piperidine rings is 1. The Morgan fingerprint density at radius 2 is 1.89 bits per heavy atom. The van der Waals surface area contributed by atoms with Crippen LogP contribution < -0.4 is 5.32 Å². The van der Waals surface area contributed by atoms with E-state index in [2.05, 4.69) is 10.3 Å². The van der Waals surface area contributed by atoms with Crippen LogP contribution in [-0.2, 0) is 14.3 Å². The van der Waals surface area contributed by atoms with Gasteiger partial charge in [0.1, 0.15) is 12.1 Å². The van der Waals surface area contributed by atoms with Gasteiger partial charge in [-0.3, -0.25) is 14.5 Å². The molecule has 3 rings (SSSR count). The zero-order chi connectivity index (χ0) is 26.5. The Kier molecular flexibility index (Phi) is 8.29. The first-order valence-electron chi connectivity index (χ1n) is 11.7. The predicted molar refractivity (Wildman–Crippen MR) is 133 cm³/mol. The number of carboxylic acids is 1. The molecule has 1 aliphatic rings. The summed E-state index contributed by atoms with van der Waals surface area (Å²) in [6.45, 7) is 5.53. The van der Waals surface area contributed by atoms with Gasteiger partial charge in [-0.25, -0.2) is 14.6 Å². The Hall–Kier alpha value is -3.95. The number of nitrogens with zero attached hydrogens (tertiary/aromatic N) is 3. The first-order valence-corrected chi connectivity index (χ1v) is 11.7. The summed E-state index contributed by atoms with van der Waals surface area (Å²) in [5.41, 5.74) is 0.364. The molecule has 0 spiro atoms. The Labute approximate surface area is 210 Å². The van der Waals surface area contributed by atoms with Crippen LogP contribution in [0, 0.1) is 5.92 Å². The molecule has 1 aliphatic heterocycles. The van der Waals surface area contributed by atoms with E-state index in [1.165, 1.54) is 17.2 Å². The van der Waals surface area contributed by atoms with Crippen LogP contribution in [0.15, 0.2) is 42.6 Å². The molecule has 10 nitrogen and oxygen atoms in total. The number of carboxylic acid groups (broad SMARTS) is 1. The van der Waals surface area contributed by atoms with Crippen molar-refractivity contribution in [3.05, 3.63) is 48.3 Å². The van der Waals surface area contributed by atoms with Gasteiger partial charge in [0.15, 0.2) is 5.69 Å². The van der Waals surface area contributed by atoms with Crippen molar-refractivity contribution in [1.29, 1.82) is 0 Å². The predicted octanol–water partition coefficient (Wildman–Crippen LogP) is 3.49. The smallest absolute Gasteiger partial charge is 0.410 e. The average Bonchev–Trinajstić information content (AvgIpc) is 2.80. The zero-order valence-corrected chi connectivity index (χ0v) is 21.0. The van der Waals surface area contributed by atoms with Gasteiger partial charge in [0.05, 0.1) is 5.69 Å². The van der Waals surface area contributed by atoms with E-state index < -0.39 is 23.6 Å². The molecule has 1 fully saturated rings. The SMILES string of the molecule is CN1CCC(CN(CC(=O)Nc2cc(-c3ccccc3)cnc2C(=O)O)C(=O)OC(C)(C)C)CC1=O. The van der Waals surface area contributed by atoms with Crippen molar-refractivity contribution in [2.75, 3.05) is 32.0 Å². The molecule has 10 heteroatoms. The van der Waals surface area contributed by atoms with Crippen LogP contribution in [0.1, 0.15) is 44.1 Å². The summed E-state index contributed by atoms with van der Waals surface area (Å²) in [7, 11) is 1.73. The lowest BCUT2D eigenvalue weighted by Gasteiger charge is -2.33. The minimum atomic E-state index is -1.29. The van der Waals surface area contributed by atoms with Gasteiger partial charge < -0.3 is 20.1 Å². The molecule has 2 aromatic rings. The van der Waals surface area contributed by atoms with Crippen LogP contribution in [0.3, 0.4) is 0 Å². The number of benzene rings is 1. The molecule has 0 saturated carbocycles. The highest BCUT2D eigenvalue weighted by Gasteiger charge is 2.30. The summed E-state index contributed by atoms with van der Waals surface area (Å²) in [6, 6.07) is 10.8. The maximum Gasteiger partial charge on any atom is 0.410 e. The number of hydrogen-bond acceptors (Lipinski definition) is 6.